The van der Waals surface area contributed by atoms with Crippen LogP contribution < -0.4 is 5.43 Å². The first-order valence-corrected chi connectivity index (χ1v) is 6.84. The lowest BCUT2D eigenvalue weighted by atomic mass is 10.1. The van der Waals surface area contributed by atoms with E-state index in [0.29, 0.717) is 21.2 Å². The molecule has 1 atom stereocenters. The Morgan fingerprint density at radius 2 is 1.90 bits per heavy atom. The number of rotatable bonds is 4. The molecule has 0 bridgehead atoms. The molecule has 0 radical (unpaired) electrons. The van der Waals surface area contributed by atoms with Crippen LogP contribution in [-0.2, 0) is 4.79 Å². The van der Waals surface area contributed by atoms with Gasteiger partial charge >= 0.3 is 0 Å². The Bertz CT molecular complexity index is 660. The molecule has 0 aromatic heterocycles. The van der Waals surface area contributed by atoms with Gasteiger partial charge in [-0.05, 0) is 17.7 Å². The molecule has 21 heavy (non-hydrogen) atoms. The third kappa shape index (κ3) is 4.29. The minimum Gasteiger partial charge on any atom is -0.378 e. The van der Waals surface area contributed by atoms with Gasteiger partial charge < -0.3 is 5.11 Å². The highest BCUT2D eigenvalue weighted by atomic mass is 35.5. The van der Waals surface area contributed by atoms with Crippen LogP contribution in [0, 0.1) is 0 Å². The average molecular weight is 323 g/mol. The third-order valence-electron chi connectivity index (χ3n) is 2.70. The Morgan fingerprint density at radius 3 is 2.57 bits per heavy atom. The molecule has 0 saturated carbocycles. The highest BCUT2D eigenvalue weighted by molar-refractivity contribution is 6.36. The second kappa shape index (κ2) is 7.22. The smallest absolute Gasteiger partial charge is 0.273 e. The van der Waals surface area contributed by atoms with Crippen LogP contribution >= 0.6 is 23.2 Å². The predicted octanol–water partition coefficient (Wildman–Crippen LogP) is 3.18. The number of aliphatic hydroxyl groups excluding tert-OH is 1. The van der Waals surface area contributed by atoms with E-state index in [0.717, 1.165) is 0 Å². The highest BCUT2D eigenvalue weighted by Crippen LogP contribution is 2.19. The van der Waals surface area contributed by atoms with E-state index in [2.05, 4.69) is 10.5 Å². The number of hydrogen-bond acceptors (Lipinski definition) is 3. The Kier molecular flexibility index (Phi) is 5.33. The minimum absolute atomic E-state index is 0.420. The van der Waals surface area contributed by atoms with Gasteiger partial charge in [-0.2, -0.15) is 5.10 Å². The molecule has 0 spiro atoms. The number of benzene rings is 2. The van der Waals surface area contributed by atoms with Crippen molar-refractivity contribution in [2.45, 2.75) is 6.10 Å². The number of halogens is 2. The molecular weight excluding hydrogens is 311 g/mol. The zero-order chi connectivity index (χ0) is 15.2. The predicted molar refractivity (Wildman–Crippen MR) is 83.6 cm³/mol. The molecule has 1 amide bonds. The first kappa shape index (κ1) is 15.5. The molecule has 0 aliphatic heterocycles. The molecule has 0 heterocycles. The molecule has 6 heteroatoms. The maximum absolute atomic E-state index is 11.7. The molecule has 4 nitrogen and oxygen atoms in total. The number of carbonyl (C=O) groups is 1. The van der Waals surface area contributed by atoms with E-state index in [1.807, 2.05) is 0 Å². The van der Waals surface area contributed by atoms with Crippen molar-refractivity contribution < 1.29 is 9.90 Å². The zero-order valence-electron chi connectivity index (χ0n) is 10.8. The van der Waals surface area contributed by atoms with Crippen LogP contribution in [0.1, 0.15) is 17.2 Å². The van der Waals surface area contributed by atoms with Gasteiger partial charge in [0, 0.05) is 10.6 Å². The number of aliphatic hydroxyl groups is 1. The minimum atomic E-state index is -1.27. The lowest BCUT2D eigenvalue weighted by Gasteiger charge is -2.08. The van der Waals surface area contributed by atoms with E-state index in [-0.39, 0.29) is 0 Å². The lowest BCUT2D eigenvalue weighted by Crippen LogP contribution is -2.25. The van der Waals surface area contributed by atoms with Crippen molar-refractivity contribution in [2.24, 2.45) is 5.10 Å². The monoisotopic (exact) mass is 322 g/mol. The number of hydrazone groups is 1. The SMILES string of the molecule is O=C(N/N=C\c1ccc(Cl)cc1Cl)[C@@H](O)c1ccccc1. The molecule has 2 aromatic rings. The van der Waals surface area contributed by atoms with Crippen molar-refractivity contribution in [2.75, 3.05) is 0 Å². The number of amides is 1. The molecular formula is C15H12Cl2N2O2. The van der Waals surface area contributed by atoms with Crippen molar-refractivity contribution >= 4 is 35.3 Å². The Balaban J connectivity index is 1.99. The van der Waals surface area contributed by atoms with Gasteiger partial charge in [-0.3, -0.25) is 4.79 Å². The van der Waals surface area contributed by atoms with Crippen molar-refractivity contribution in [3.63, 3.8) is 0 Å². The van der Waals surface area contributed by atoms with E-state index in [1.165, 1.54) is 6.21 Å². The van der Waals surface area contributed by atoms with Gasteiger partial charge in [0.05, 0.1) is 11.2 Å². The van der Waals surface area contributed by atoms with E-state index >= 15 is 0 Å². The topological polar surface area (TPSA) is 61.7 Å². The first-order chi connectivity index (χ1) is 10.1. The number of nitrogens with zero attached hydrogens (tertiary/aromatic N) is 1. The van der Waals surface area contributed by atoms with Crippen molar-refractivity contribution in [3.05, 3.63) is 69.7 Å². The van der Waals surface area contributed by atoms with Crippen LogP contribution in [0.4, 0.5) is 0 Å². The van der Waals surface area contributed by atoms with Gasteiger partial charge in [0.2, 0.25) is 0 Å². The maximum atomic E-state index is 11.7. The fraction of sp³-hybridized carbons (Fsp3) is 0.0667. The summed E-state index contributed by atoms with van der Waals surface area (Å²) in [7, 11) is 0. The molecule has 0 unspecified atom stereocenters. The summed E-state index contributed by atoms with van der Waals surface area (Å²) in [5.74, 6) is -0.623. The van der Waals surface area contributed by atoms with Crippen LogP contribution in [0.2, 0.25) is 10.0 Å². The summed E-state index contributed by atoms with van der Waals surface area (Å²) in [5, 5.41) is 14.5. The summed E-state index contributed by atoms with van der Waals surface area (Å²) >= 11 is 11.7. The van der Waals surface area contributed by atoms with E-state index in [9.17, 15) is 9.90 Å². The Labute approximate surface area is 132 Å². The van der Waals surface area contributed by atoms with Gasteiger partial charge in [-0.15, -0.1) is 0 Å². The molecule has 2 aromatic carbocycles. The molecule has 2 N–H and O–H groups in total. The van der Waals surface area contributed by atoms with E-state index < -0.39 is 12.0 Å². The highest BCUT2D eigenvalue weighted by Gasteiger charge is 2.15. The molecule has 108 valence electrons. The quantitative estimate of drug-likeness (QED) is 0.670. The largest absolute Gasteiger partial charge is 0.378 e. The summed E-state index contributed by atoms with van der Waals surface area (Å²) in [4.78, 5) is 11.7. The molecule has 0 fully saturated rings. The maximum Gasteiger partial charge on any atom is 0.273 e. The number of carbonyl (C=O) groups excluding carboxylic acids is 1. The van der Waals surface area contributed by atoms with E-state index in [1.54, 1.807) is 48.5 Å². The summed E-state index contributed by atoms with van der Waals surface area (Å²) in [6, 6.07) is 13.5. The van der Waals surface area contributed by atoms with Crippen LogP contribution in [0.25, 0.3) is 0 Å². The van der Waals surface area contributed by atoms with Crippen molar-refractivity contribution in [1.29, 1.82) is 0 Å². The number of nitrogens with one attached hydrogen (secondary N) is 1. The zero-order valence-corrected chi connectivity index (χ0v) is 12.3. The summed E-state index contributed by atoms with van der Waals surface area (Å²) < 4.78 is 0. The standard InChI is InChI=1S/C15H12Cl2N2O2/c16-12-7-6-11(13(17)8-12)9-18-19-15(21)14(20)10-4-2-1-3-5-10/h1-9,14,20H,(H,19,21)/b18-9-/t14-/m0/s1. The summed E-state index contributed by atoms with van der Waals surface area (Å²) in [5.41, 5.74) is 3.36. The van der Waals surface area contributed by atoms with Crippen molar-refractivity contribution in [1.82, 2.24) is 5.43 Å². The van der Waals surface area contributed by atoms with Gasteiger partial charge in [-0.25, -0.2) is 5.43 Å². The van der Waals surface area contributed by atoms with Gasteiger partial charge in [0.1, 0.15) is 0 Å². The Hall–Kier alpha value is -1.88. The normalized spacial score (nSPS) is 12.3. The van der Waals surface area contributed by atoms with Crippen LogP contribution in [0.5, 0.6) is 0 Å². The fourth-order valence-corrected chi connectivity index (χ4v) is 2.08. The molecule has 0 aliphatic rings. The summed E-state index contributed by atoms with van der Waals surface area (Å²) in [6.07, 6.45) is 0.109. The number of hydrogen-bond donors (Lipinski definition) is 2. The summed E-state index contributed by atoms with van der Waals surface area (Å²) in [6.45, 7) is 0. The second-order valence-corrected chi connectivity index (χ2v) is 5.06. The van der Waals surface area contributed by atoms with Crippen molar-refractivity contribution in [3.8, 4) is 0 Å². The van der Waals surface area contributed by atoms with Crippen LogP contribution in [-0.4, -0.2) is 17.2 Å². The molecule has 0 aliphatic carbocycles. The van der Waals surface area contributed by atoms with Gasteiger partial charge in [-0.1, -0.05) is 59.6 Å². The fourth-order valence-electron chi connectivity index (χ4n) is 1.62. The van der Waals surface area contributed by atoms with E-state index in [4.69, 9.17) is 23.2 Å². The van der Waals surface area contributed by atoms with Crippen LogP contribution in [0.3, 0.4) is 0 Å². The lowest BCUT2D eigenvalue weighted by molar-refractivity contribution is -0.129. The third-order valence-corrected chi connectivity index (χ3v) is 3.27. The van der Waals surface area contributed by atoms with Gasteiger partial charge in [0.15, 0.2) is 6.10 Å². The van der Waals surface area contributed by atoms with Gasteiger partial charge in [0.25, 0.3) is 5.91 Å². The molecule has 2 rings (SSSR count). The second-order valence-electron chi connectivity index (χ2n) is 4.21. The average Bonchev–Trinajstić information content (AvgIpc) is 2.49. The first-order valence-electron chi connectivity index (χ1n) is 6.09. The molecule has 0 saturated heterocycles. The Morgan fingerprint density at radius 1 is 1.19 bits per heavy atom. The van der Waals surface area contributed by atoms with Crippen LogP contribution in [0.15, 0.2) is 53.6 Å².